The van der Waals surface area contributed by atoms with Gasteiger partial charge in [0, 0.05) is 28.6 Å². The van der Waals surface area contributed by atoms with Crippen LogP contribution in [-0.4, -0.2) is 0 Å². The lowest BCUT2D eigenvalue weighted by Crippen LogP contribution is -2.29. The van der Waals surface area contributed by atoms with E-state index in [-0.39, 0.29) is 17.3 Å². The molecule has 0 amide bonds. The highest BCUT2D eigenvalue weighted by atomic mass is 15.1. The lowest BCUT2D eigenvalue weighted by molar-refractivity contribution is 0.420. The minimum atomic E-state index is 0.0682. The summed E-state index contributed by atoms with van der Waals surface area (Å²) in [7, 11) is 0. The first-order valence-electron chi connectivity index (χ1n) is 20.4. The molecule has 5 unspecified atom stereocenters. The fourth-order valence-electron chi connectivity index (χ4n) is 9.20. The minimum Gasteiger partial charge on any atom is -0.310 e. The third-order valence-corrected chi connectivity index (χ3v) is 12.5. The van der Waals surface area contributed by atoms with Crippen molar-refractivity contribution in [3.63, 3.8) is 0 Å². The summed E-state index contributed by atoms with van der Waals surface area (Å²) in [6.45, 7) is 16.3. The van der Waals surface area contributed by atoms with Crippen molar-refractivity contribution >= 4 is 28.2 Å². The molecule has 4 aliphatic rings. The van der Waals surface area contributed by atoms with Crippen LogP contribution in [0.2, 0.25) is 0 Å². The molecule has 4 aromatic carbocycles. The molecule has 0 fully saturated rings. The third kappa shape index (κ3) is 7.06. The molecule has 274 valence electrons. The van der Waals surface area contributed by atoms with Crippen molar-refractivity contribution in [2.24, 2.45) is 29.1 Å². The second-order valence-electron chi connectivity index (χ2n) is 17.5. The molecule has 4 aromatic rings. The fourth-order valence-corrected chi connectivity index (χ4v) is 9.20. The van der Waals surface area contributed by atoms with E-state index in [2.05, 4.69) is 193 Å². The van der Waals surface area contributed by atoms with E-state index in [1.54, 1.807) is 5.57 Å². The molecular formula is C53H57N. The van der Waals surface area contributed by atoms with Gasteiger partial charge in [0.25, 0.3) is 0 Å². The van der Waals surface area contributed by atoms with Crippen LogP contribution in [0.5, 0.6) is 0 Å². The number of hydrogen-bond acceptors (Lipinski definition) is 1. The molecule has 8 rings (SSSR count). The maximum absolute atomic E-state index is 2.64. The van der Waals surface area contributed by atoms with Crippen LogP contribution in [-0.2, 0) is 6.42 Å². The summed E-state index contributed by atoms with van der Waals surface area (Å²) in [6.07, 6.45) is 29.1. The van der Waals surface area contributed by atoms with Gasteiger partial charge in [-0.2, -0.15) is 0 Å². The first kappa shape index (κ1) is 36.1. The summed E-state index contributed by atoms with van der Waals surface area (Å²) in [6, 6.07) is 30.1. The van der Waals surface area contributed by atoms with Crippen molar-refractivity contribution in [3.8, 4) is 0 Å². The molecule has 0 heterocycles. The number of allylic oxidation sites excluding steroid dienone is 12. The second-order valence-corrected chi connectivity index (χ2v) is 17.5. The smallest absolute Gasteiger partial charge is 0.0543 e. The van der Waals surface area contributed by atoms with Crippen LogP contribution in [0.25, 0.3) is 16.8 Å². The third-order valence-electron chi connectivity index (χ3n) is 12.5. The Bertz CT molecular complexity index is 2260. The zero-order chi connectivity index (χ0) is 37.6. The van der Waals surface area contributed by atoms with Gasteiger partial charge in [-0.1, -0.05) is 167 Å². The van der Waals surface area contributed by atoms with Crippen molar-refractivity contribution in [1.82, 2.24) is 0 Å². The van der Waals surface area contributed by atoms with Crippen molar-refractivity contribution in [1.29, 1.82) is 0 Å². The van der Waals surface area contributed by atoms with Gasteiger partial charge < -0.3 is 4.90 Å². The predicted octanol–water partition coefficient (Wildman–Crippen LogP) is 14.5. The Balaban J connectivity index is 1.33. The summed E-state index contributed by atoms with van der Waals surface area (Å²) in [5.74, 6) is 1.86. The van der Waals surface area contributed by atoms with Gasteiger partial charge in [0.2, 0.25) is 0 Å². The first-order valence-corrected chi connectivity index (χ1v) is 20.4. The summed E-state index contributed by atoms with van der Waals surface area (Å²) in [4.78, 5) is 2.51. The van der Waals surface area contributed by atoms with Crippen LogP contribution in [0.3, 0.4) is 0 Å². The van der Waals surface area contributed by atoms with Crippen LogP contribution in [0, 0.1) is 42.9 Å². The van der Waals surface area contributed by atoms with E-state index in [9.17, 15) is 0 Å². The maximum atomic E-state index is 2.64. The lowest BCUT2D eigenvalue weighted by Gasteiger charge is -2.41. The number of nitrogens with zero attached hydrogens (tertiary/aromatic N) is 1. The van der Waals surface area contributed by atoms with Gasteiger partial charge in [-0.25, -0.2) is 0 Å². The SMILES string of the molecule is Cc1ccc(CC(C2=CCC(C)C=C2)C(C)C2=Cc3c(cc(N(C4=CCCC=C4)c4ccc(C)cc4)c4ccccc34)C3C=CC(C(C)(C)C)=CC23)cc1. The van der Waals surface area contributed by atoms with Crippen LogP contribution in [0.1, 0.15) is 87.6 Å². The Morgan fingerprint density at radius 2 is 1.50 bits per heavy atom. The number of anilines is 2. The molecule has 0 aromatic heterocycles. The Morgan fingerprint density at radius 1 is 0.778 bits per heavy atom. The normalized spacial score (nSPS) is 21.7. The molecule has 0 N–H and O–H groups in total. The van der Waals surface area contributed by atoms with Gasteiger partial charge >= 0.3 is 0 Å². The highest BCUT2D eigenvalue weighted by Crippen LogP contribution is 2.53. The Hall–Kier alpha value is -4.88. The average molecular weight is 708 g/mol. The predicted molar refractivity (Wildman–Crippen MR) is 233 cm³/mol. The van der Waals surface area contributed by atoms with Gasteiger partial charge in [0.15, 0.2) is 0 Å². The molecular weight excluding hydrogens is 651 g/mol. The number of hydrogen-bond donors (Lipinski definition) is 0. The molecule has 0 aliphatic heterocycles. The Kier molecular flexibility index (Phi) is 9.86. The number of aryl methyl sites for hydroxylation is 2. The minimum absolute atomic E-state index is 0.0682. The second kappa shape index (κ2) is 14.7. The molecule has 54 heavy (non-hydrogen) atoms. The van der Waals surface area contributed by atoms with E-state index in [0.29, 0.717) is 17.8 Å². The van der Waals surface area contributed by atoms with Crippen LogP contribution >= 0.6 is 0 Å². The molecule has 0 saturated heterocycles. The van der Waals surface area contributed by atoms with E-state index < -0.39 is 0 Å². The van der Waals surface area contributed by atoms with E-state index in [1.807, 2.05) is 0 Å². The standard InChI is InChI=1S/C53H57N/c1-35-17-23-39(24-18-35)31-47(40-25-19-36(2)20-26-40)38(4)48-33-50-44-15-11-12-16-46(44)52(34-51(50)45-30-27-41(32-49(45)48)53(5,6)7)54(42-13-9-8-10-14-42)43-28-21-37(3)22-29-43/h9,11-19,21-30,32-34,36,38,45,47,49H,8,10,20,31H2,1-7H3. The largest absolute Gasteiger partial charge is 0.310 e. The van der Waals surface area contributed by atoms with Gasteiger partial charge in [-0.15, -0.1) is 0 Å². The highest BCUT2D eigenvalue weighted by molar-refractivity contribution is 6.03. The Morgan fingerprint density at radius 3 is 2.17 bits per heavy atom. The molecule has 0 saturated carbocycles. The van der Waals surface area contributed by atoms with Crippen molar-refractivity contribution in [2.45, 2.75) is 80.1 Å². The zero-order valence-corrected chi connectivity index (χ0v) is 33.4. The van der Waals surface area contributed by atoms with Crippen molar-refractivity contribution in [3.05, 3.63) is 184 Å². The van der Waals surface area contributed by atoms with Crippen molar-refractivity contribution in [2.75, 3.05) is 4.90 Å². The molecule has 4 aliphatic carbocycles. The first-order chi connectivity index (χ1) is 26.0. The maximum Gasteiger partial charge on any atom is 0.0543 e. The summed E-state index contributed by atoms with van der Waals surface area (Å²) >= 11 is 0. The van der Waals surface area contributed by atoms with E-state index in [1.165, 1.54) is 66.8 Å². The van der Waals surface area contributed by atoms with Gasteiger partial charge in [0.1, 0.15) is 0 Å². The topological polar surface area (TPSA) is 3.24 Å². The average Bonchev–Trinajstić information content (AvgIpc) is 3.18. The number of rotatable bonds is 8. The van der Waals surface area contributed by atoms with Crippen LogP contribution in [0.15, 0.2) is 156 Å². The van der Waals surface area contributed by atoms with E-state index in [0.717, 1.165) is 25.7 Å². The molecule has 0 spiro atoms. The van der Waals surface area contributed by atoms with Crippen LogP contribution in [0.4, 0.5) is 11.4 Å². The van der Waals surface area contributed by atoms with E-state index >= 15 is 0 Å². The molecule has 0 bridgehead atoms. The fraction of sp³-hybridized carbons (Fsp3) is 0.321. The number of fused-ring (bicyclic) bond motifs is 5. The monoisotopic (exact) mass is 707 g/mol. The van der Waals surface area contributed by atoms with Gasteiger partial charge in [-0.05, 0) is 120 Å². The van der Waals surface area contributed by atoms with Crippen LogP contribution < -0.4 is 4.90 Å². The summed E-state index contributed by atoms with van der Waals surface area (Å²) in [5, 5.41) is 2.64. The summed E-state index contributed by atoms with van der Waals surface area (Å²) < 4.78 is 0. The van der Waals surface area contributed by atoms with Gasteiger partial charge in [-0.3, -0.25) is 0 Å². The van der Waals surface area contributed by atoms with E-state index in [4.69, 9.17) is 0 Å². The zero-order valence-electron chi connectivity index (χ0n) is 33.4. The molecule has 1 heteroatoms. The lowest BCUT2D eigenvalue weighted by atomic mass is 9.63. The quantitative estimate of drug-likeness (QED) is 0.176. The molecule has 1 nitrogen and oxygen atoms in total. The summed E-state index contributed by atoms with van der Waals surface area (Å²) in [5.41, 5.74) is 15.1. The molecule has 0 radical (unpaired) electrons. The number of benzene rings is 4. The highest BCUT2D eigenvalue weighted by Gasteiger charge is 2.38. The van der Waals surface area contributed by atoms with Crippen molar-refractivity contribution < 1.29 is 0 Å². The Labute approximate surface area is 324 Å². The van der Waals surface area contributed by atoms with Gasteiger partial charge in [0.05, 0.1) is 5.69 Å². The molecule has 5 atom stereocenters.